The van der Waals surface area contributed by atoms with E-state index in [0.717, 1.165) is 4.90 Å². The monoisotopic (exact) mass is 238 g/mol. The lowest BCUT2D eigenvalue weighted by atomic mass is 10.6. The fourth-order valence-corrected chi connectivity index (χ4v) is 1.34. The first-order valence-electron chi connectivity index (χ1n) is 3.98. The zero-order valence-corrected chi connectivity index (χ0v) is 9.08. The topological polar surface area (TPSA) is 140 Å². The standard InChI is InChI=1S/C6H14N4O4S/c1-10(6(8)9)4-5(11)14-15(12,13)3-2-7/h2-4,7H2,1H3,(H3,8,9). The highest BCUT2D eigenvalue weighted by Gasteiger charge is 2.17. The lowest BCUT2D eigenvalue weighted by Crippen LogP contribution is -2.38. The highest BCUT2D eigenvalue weighted by atomic mass is 32.2. The van der Waals surface area contributed by atoms with Gasteiger partial charge < -0.3 is 20.6 Å². The van der Waals surface area contributed by atoms with Crippen molar-refractivity contribution in [1.29, 1.82) is 5.41 Å². The summed E-state index contributed by atoms with van der Waals surface area (Å²) in [7, 11) is -2.55. The van der Waals surface area contributed by atoms with Gasteiger partial charge in [0.05, 0.1) is 5.75 Å². The van der Waals surface area contributed by atoms with Crippen molar-refractivity contribution in [3.63, 3.8) is 0 Å². The zero-order chi connectivity index (χ0) is 12.1. The molecule has 0 fully saturated rings. The molecule has 5 N–H and O–H groups in total. The maximum Gasteiger partial charge on any atom is 0.341 e. The van der Waals surface area contributed by atoms with E-state index >= 15 is 0 Å². The normalized spacial score (nSPS) is 10.8. The van der Waals surface area contributed by atoms with Gasteiger partial charge in [-0.15, -0.1) is 0 Å². The number of hydrogen-bond acceptors (Lipinski definition) is 6. The second kappa shape index (κ2) is 5.51. The summed E-state index contributed by atoms with van der Waals surface area (Å²) >= 11 is 0. The fraction of sp³-hybridized carbons (Fsp3) is 0.667. The predicted molar refractivity (Wildman–Crippen MR) is 53.5 cm³/mol. The van der Waals surface area contributed by atoms with E-state index in [4.69, 9.17) is 16.9 Å². The van der Waals surface area contributed by atoms with Gasteiger partial charge in [-0.2, -0.15) is 8.42 Å². The van der Waals surface area contributed by atoms with Crippen LogP contribution in [-0.4, -0.2) is 51.1 Å². The molecular formula is C6H14N4O4S. The molecule has 0 aliphatic heterocycles. The van der Waals surface area contributed by atoms with Crippen molar-refractivity contribution in [2.24, 2.45) is 11.5 Å². The van der Waals surface area contributed by atoms with Crippen LogP contribution in [0.3, 0.4) is 0 Å². The summed E-state index contributed by atoms with van der Waals surface area (Å²) < 4.78 is 26.1. The summed E-state index contributed by atoms with van der Waals surface area (Å²) in [6, 6.07) is 0. The minimum atomic E-state index is -3.91. The van der Waals surface area contributed by atoms with E-state index in [9.17, 15) is 13.2 Å². The van der Waals surface area contributed by atoms with Gasteiger partial charge in [0, 0.05) is 13.6 Å². The van der Waals surface area contributed by atoms with Gasteiger partial charge >= 0.3 is 16.1 Å². The van der Waals surface area contributed by atoms with Crippen LogP contribution in [0.2, 0.25) is 0 Å². The van der Waals surface area contributed by atoms with Crippen LogP contribution in [0.1, 0.15) is 0 Å². The van der Waals surface area contributed by atoms with Crippen LogP contribution in [0.4, 0.5) is 0 Å². The number of carbonyl (C=O) groups is 1. The number of guanidine groups is 1. The summed E-state index contributed by atoms with van der Waals surface area (Å²) in [5, 5.41) is 6.93. The minimum Gasteiger partial charge on any atom is -0.370 e. The Morgan fingerprint density at radius 2 is 2.07 bits per heavy atom. The van der Waals surface area contributed by atoms with Gasteiger partial charge in [0.1, 0.15) is 6.54 Å². The number of likely N-dealkylation sites (N-methyl/N-ethyl adjacent to an activating group) is 1. The summed E-state index contributed by atoms with van der Waals surface area (Å²) in [6.07, 6.45) is 0. The van der Waals surface area contributed by atoms with Gasteiger partial charge in [-0.25, -0.2) is 4.79 Å². The van der Waals surface area contributed by atoms with Crippen LogP contribution in [0, 0.1) is 5.41 Å². The molecule has 0 spiro atoms. The summed E-state index contributed by atoms with van der Waals surface area (Å²) in [6.45, 7) is -0.530. The van der Waals surface area contributed by atoms with Crippen molar-refractivity contribution in [2.45, 2.75) is 0 Å². The molecular weight excluding hydrogens is 224 g/mol. The quantitative estimate of drug-likeness (QED) is 0.276. The summed E-state index contributed by atoms with van der Waals surface area (Å²) in [5.41, 5.74) is 10.0. The van der Waals surface area contributed by atoms with E-state index in [-0.39, 0.29) is 12.5 Å². The van der Waals surface area contributed by atoms with Crippen LogP contribution in [0.25, 0.3) is 0 Å². The highest BCUT2D eigenvalue weighted by molar-refractivity contribution is 7.87. The first-order chi connectivity index (χ1) is 6.78. The van der Waals surface area contributed by atoms with Crippen molar-refractivity contribution in [2.75, 3.05) is 25.9 Å². The molecule has 0 radical (unpaired) electrons. The number of nitrogens with two attached hydrogens (primary N) is 2. The molecule has 0 rings (SSSR count). The number of rotatable bonds is 5. The maximum atomic E-state index is 11.0. The first-order valence-corrected chi connectivity index (χ1v) is 5.56. The fourth-order valence-electron chi connectivity index (χ4n) is 0.633. The second-order valence-electron chi connectivity index (χ2n) is 2.75. The van der Waals surface area contributed by atoms with Crippen LogP contribution in [0.15, 0.2) is 0 Å². The molecule has 0 aromatic heterocycles. The Morgan fingerprint density at radius 1 is 1.53 bits per heavy atom. The van der Waals surface area contributed by atoms with E-state index in [1.54, 1.807) is 0 Å². The van der Waals surface area contributed by atoms with Gasteiger partial charge in [0.25, 0.3) is 0 Å². The molecule has 0 saturated carbocycles. The maximum absolute atomic E-state index is 11.0. The number of carbonyl (C=O) groups excluding carboxylic acids is 1. The molecule has 0 unspecified atom stereocenters. The molecule has 0 aromatic rings. The lowest BCUT2D eigenvalue weighted by molar-refractivity contribution is -0.134. The van der Waals surface area contributed by atoms with Gasteiger partial charge in [-0.1, -0.05) is 0 Å². The Kier molecular flexibility index (Phi) is 5.02. The van der Waals surface area contributed by atoms with E-state index in [0.29, 0.717) is 0 Å². The third-order valence-corrected chi connectivity index (χ3v) is 2.54. The van der Waals surface area contributed by atoms with Gasteiger partial charge in [-0.3, -0.25) is 5.41 Å². The van der Waals surface area contributed by atoms with Crippen molar-refractivity contribution in [3.05, 3.63) is 0 Å². The van der Waals surface area contributed by atoms with Crippen molar-refractivity contribution >= 4 is 22.0 Å². The Hall–Kier alpha value is -1.35. The van der Waals surface area contributed by atoms with Gasteiger partial charge in [-0.05, 0) is 0 Å². The van der Waals surface area contributed by atoms with Crippen molar-refractivity contribution in [1.82, 2.24) is 4.90 Å². The van der Waals surface area contributed by atoms with Gasteiger partial charge in [0.15, 0.2) is 5.96 Å². The molecule has 0 atom stereocenters. The molecule has 15 heavy (non-hydrogen) atoms. The van der Waals surface area contributed by atoms with Crippen LogP contribution < -0.4 is 11.5 Å². The Labute approximate surface area is 87.8 Å². The highest BCUT2D eigenvalue weighted by Crippen LogP contribution is 1.94. The second-order valence-corrected chi connectivity index (χ2v) is 4.44. The Morgan fingerprint density at radius 3 is 2.47 bits per heavy atom. The van der Waals surface area contributed by atoms with E-state index in [1.165, 1.54) is 7.05 Å². The SMILES string of the molecule is CN(CC(=O)OS(=O)(=O)CCN)C(=N)N. The molecule has 0 aliphatic rings. The molecule has 0 aromatic carbocycles. The van der Waals surface area contributed by atoms with Crippen molar-refractivity contribution in [3.8, 4) is 0 Å². The van der Waals surface area contributed by atoms with Crippen LogP contribution in [0.5, 0.6) is 0 Å². The minimum absolute atomic E-state index is 0.127. The van der Waals surface area contributed by atoms with Crippen LogP contribution in [-0.2, 0) is 19.1 Å². The average molecular weight is 238 g/mol. The smallest absolute Gasteiger partial charge is 0.341 e. The molecule has 9 heteroatoms. The molecule has 0 heterocycles. The summed E-state index contributed by atoms with van der Waals surface area (Å²) in [4.78, 5) is 12.1. The predicted octanol–water partition coefficient (Wildman–Crippen LogP) is -2.36. The van der Waals surface area contributed by atoms with Gasteiger partial charge in [0.2, 0.25) is 0 Å². The Bertz CT molecular complexity index is 339. The zero-order valence-electron chi connectivity index (χ0n) is 8.26. The molecule has 8 nitrogen and oxygen atoms in total. The van der Waals surface area contributed by atoms with Crippen LogP contribution >= 0.6 is 0 Å². The molecule has 88 valence electrons. The number of hydrogen-bond donors (Lipinski definition) is 3. The van der Waals surface area contributed by atoms with Crippen molar-refractivity contribution < 1.29 is 17.4 Å². The summed E-state index contributed by atoms with van der Waals surface area (Å²) in [5.74, 6) is -1.79. The number of nitrogens with one attached hydrogen (secondary N) is 1. The molecule has 0 amide bonds. The first kappa shape index (κ1) is 13.7. The molecule has 0 saturated heterocycles. The third kappa shape index (κ3) is 5.86. The van der Waals surface area contributed by atoms with E-state index in [1.807, 2.05) is 0 Å². The largest absolute Gasteiger partial charge is 0.370 e. The third-order valence-electron chi connectivity index (χ3n) is 1.37. The lowest BCUT2D eigenvalue weighted by Gasteiger charge is -2.14. The Balaban J connectivity index is 4.21. The van der Waals surface area contributed by atoms with E-state index in [2.05, 4.69) is 4.18 Å². The average Bonchev–Trinajstić information content (AvgIpc) is 2.01. The van der Waals surface area contributed by atoms with E-state index < -0.39 is 28.4 Å². The molecule has 0 aliphatic carbocycles. The number of nitrogens with zero attached hydrogens (tertiary/aromatic N) is 1. The molecule has 0 bridgehead atoms.